The summed E-state index contributed by atoms with van der Waals surface area (Å²) in [7, 11) is 0. The average molecular weight is 216 g/mol. The Balaban J connectivity index is 2.24. The van der Waals surface area contributed by atoms with Gasteiger partial charge in [-0.25, -0.2) is 10.8 Å². The number of hydrazine groups is 1. The zero-order chi connectivity index (χ0) is 11.4. The van der Waals surface area contributed by atoms with E-state index in [2.05, 4.69) is 15.4 Å². The molecule has 0 aliphatic rings. The van der Waals surface area contributed by atoms with E-state index in [1.165, 1.54) is 0 Å². The molecule has 0 unspecified atom stereocenters. The van der Waals surface area contributed by atoms with Crippen LogP contribution in [-0.2, 0) is 0 Å². The van der Waals surface area contributed by atoms with E-state index in [9.17, 15) is 0 Å². The molecule has 0 aliphatic heterocycles. The van der Waals surface area contributed by atoms with Crippen molar-refractivity contribution in [3.63, 3.8) is 0 Å². The Bertz CT molecular complexity index is 487. The highest BCUT2D eigenvalue weighted by molar-refractivity contribution is 5.35. The Labute approximate surface area is 93.3 Å². The molecule has 1 heterocycles. The number of ether oxygens (including phenoxy) is 1. The van der Waals surface area contributed by atoms with Crippen molar-refractivity contribution in [2.75, 3.05) is 5.43 Å². The topological polar surface area (TPSA) is 73.1 Å². The monoisotopic (exact) mass is 216 g/mol. The van der Waals surface area contributed by atoms with Gasteiger partial charge < -0.3 is 4.74 Å². The first kappa shape index (κ1) is 10.4. The predicted octanol–water partition coefficient (Wildman–Crippen LogP) is 1.86. The lowest BCUT2D eigenvalue weighted by Gasteiger charge is -2.07. The highest BCUT2D eigenvalue weighted by atomic mass is 16.5. The van der Waals surface area contributed by atoms with Gasteiger partial charge in [-0.3, -0.25) is 5.43 Å². The Hall–Kier alpha value is -2.14. The number of nitrogens with zero attached hydrogens (tertiary/aromatic N) is 2. The van der Waals surface area contributed by atoms with E-state index < -0.39 is 0 Å². The van der Waals surface area contributed by atoms with Crippen LogP contribution in [0.4, 0.5) is 5.95 Å². The average Bonchev–Trinajstić information content (AvgIpc) is 2.32. The largest absolute Gasteiger partial charge is 0.439 e. The molecule has 0 amide bonds. The minimum Gasteiger partial charge on any atom is -0.439 e. The summed E-state index contributed by atoms with van der Waals surface area (Å²) in [5.74, 6) is 6.76. The van der Waals surface area contributed by atoms with Crippen molar-refractivity contribution in [2.24, 2.45) is 5.84 Å². The van der Waals surface area contributed by atoms with Crippen LogP contribution in [0.2, 0.25) is 0 Å². The van der Waals surface area contributed by atoms with E-state index in [-0.39, 0.29) is 0 Å². The zero-order valence-electron chi connectivity index (χ0n) is 8.84. The van der Waals surface area contributed by atoms with Gasteiger partial charge in [0.15, 0.2) is 0 Å². The molecular formula is C11H12N4O. The van der Waals surface area contributed by atoms with Crippen molar-refractivity contribution in [3.8, 4) is 11.6 Å². The molecule has 2 aromatic rings. The van der Waals surface area contributed by atoms with Crippen molar-refractivity contribution in [3.05, 3.63) is 42.1 Å². The maximum atomic E-state index is 5.60. The SMILES string of the molecule is Cc1ccccc1Oc1ccnc(NN)n1. The van der Waals surface area contributed by atoms with Gasteiger partial charge in [-0.05, 0) is 18.6 Å². The first-order valence-electron chi connectivity index (χ1n) is 4.83. The van der Waals surface area contributed by atoms with Gasteiger partial charge in [-0.2, -0.15) is 4.98 Å². The van der Waals surface area contributed by atoms with Gasteiger partial charge in [0.1, 0.15) is 5.75 Å². The molecule has 0 saturated heterocycles. The van der Waals surface area contributed by atoms with E-state index in [0.717, 1.165) is 11.3 Å². The summed E-state index contributed by atoms with van der Waals surface area (Å²) in [5.41, 5.74) is 3.41. The minimum atomic E-state index is 0.325. The molecule has 2 rings (SSSR count). The summed E-state index contributed by atoms with van der Waals surface area (Å²) in [5, 5.41) is 0. The first-order valence-corrected chi connectivity index (χ1v) is 4.83. The van der Waals surface area contributed by atoms with Crippen LogP contribution in [-0.4, -0.2) is 9.97 Å². The van der Waals surface area contributed by atoms with Gasteiger partial charge in [0.25, 0.3) is 0 Å². The number of nitrogens with one attached hydrogen (secondary N) is 1. The lowest BCUT2D eigenvalue weighted by Crippen LogP contribution is -2.10. The second kappa shape index (κ2) is 4.59. The Morgan fingerprint density at radius 1 is 1.25 bits per heavy atom. The standard InChI is InChI=1S/C11H12N4O/c1-8-4-2-3-5-9(8)16-10-6-7-13-11(14-10)15-12/h2-7H,12H2,1H3,(H,13,14,15). The van der Waals surface area contributed by atoms with Crippen LogP contribution >= 0.6 is 0 Å². The molecule has 5 heteroatoms. The van der Waals surface area contributed by atoms with Gasteiger partial charge >= 0.3 is 0 Å². The van der Waals surface area contributed by atoms with Gasteiger partial charge in [0, 0.05) is 12.3 Å². The van der Waals surface area contributed by atoms with E-state index in [1.54, 1.807) is 12.3 Å². The van der Waals surface area contributed by atoms with Crippen LogP contribution in [0.3, 0.4) is 0 Å². The van der Waals surface area contributed by atoms with Crippen LogP contribution in [0.25, 0.3) is 0 Å². The number of aromatic nitrogens is 2. The van der Waals surface area contributed by atoms with Crippen molar-refractivity contribution in [2.45, 2.75) is 6.92 Å². The van der Waals surface area contributed by atoms with Crippen molar-refractivity contribution in [1.82, 2.24) is 9.97 Å². The summed E-state index contributed by atoms with van der Waals surface area (Å²) >= 11 is 0. The highest BCUT2D eigenvalue weighted by Gasteiger charge is 2.02. The van der Waals surface area contributed by atoms with Crippen LogP contribution in [0.15, 0.2) is 36.5 Å². The number of hydrogen-bond donors (Lipinski definition) is 2. The number of nitrogens with two attached hydrogens (primary N) is 1. The molecule has 0 bridgehead atoms. The van der Waals surface area contributed by atoms with Gasteiger partial charge in [-0.15, -0.1) is 0 Å². The number of nitrogen functional groups attached to an aromatic ring is 1. The molecule has 0 aliphatic carbocycles. The summed E-state index contributed by atoms with van der Waals surface area (Å²) in [6.07, 6.45) is 1.58. The molecule has 0 radical (unpaired) electrons. The Kier molecular flexibility index (Phi) is 2.98. The molecule has 0 spiro atoms. The van der Waals surface area contributed by atoms with Crippen molar-refractivity contribution < 1.29 is 4.74 Å². The summed E-state index contributed by atoms with van der Waals surface area (Å²) in [4.78, 5) is 7.95. The minimum absolute atomic E-state index is 0.325. The van der Waals surface area contributed by atoms with Gasteiger partial charge in [-0.1, -0.05) is 18.2 Å². The van der Waals surface area contributed by atoms with Crippen LogP contribution in [0.1, 0.15) is 5.56 Å². The van der Waals surface area contributed by atoms with E-state index >= 15 is 0 Å². The second-order valence-electron chi connectivity index (χ2n) is 3.23. The molecule has 0 saturated carbocycles. The third kappa shape index (κ3) is 2.26. The number of benzene rings is 1. The fraction of sp³-hybridized carbons (Fsp3) is 0.0909. The lowest BCUT2D eigenvalue weighted by molar-refractivity contribution is 0.459. The molecule has 0 atom stereocenters. The summed E-state index contributed by atoms with van der Waals surface area (Å²) in [6, 6.07) is 9.39. The smallest absolute Gasteiger partial charge is 0.240 e. The summed E-state index contributed by atoms with van der Waals surface area (Å²) < 4.78 is 5.60. The maximum absolute atomic E-state index is 5.60. The highest BCUT2D eigenvalue weighted by Crippen LogP contribution is 2.22. The number of aryl methyl sites for hydroxylation is 1. The molecule has 3 N–H and O–H groups in total. The molecular weight excluding hydrogens is 204 g/mol. The second-order valence-corrected chi connectivity index (χ2v) is 3.23. The third-order valence-corrected chi connectivity index (χ3v) is 2.07. The van der Waals surface area contributed by atoms with Crippen LogP contribution < -0.4 is 16.0 Å². The Morgan fingerprint density at radius 3 is 2.81 bits per heavy atom. The fourth-order valence-corrected chi connectivity index (χ4v) is 1.25. The van der Waals surface area contributed by atoms with E-state index in [0.29, 0.717) is 11.8 Å². The molecule has 1 aromatic carbocycles. The lowest BCUT2D eigenvalue weighted by atomic mass is 10.2. The van der Waals surface area contributed by atoms with Gasteiger partial charge in [0.05, 0.1) is 0 Å². The third-order valence-electron chi connectivity index (χ3n) is 2.07. The van der Waals surface area contributed by atoms with E-state index in [1.807, 2.05) is 31.2 Å². The number of rotatable bonds is 3. The Morgan fingerprint density at radius 2 is 2.06 bits per heavy atom. The molecule has 16 heavy (non-hydrogen) atoms. The van der Waals surface area contributed by atoms with Gasteiger partial charge in [0.2, 0.25) is 11.8 Å². The quantitative estimate of drug-likeness (QED) is 0.605. The van der Waals surface area contributed by atoms with Crippen molar-refractivity contribution >= 4 is 5.95 Å². The number of para-hydroxylation sites is 1. The molecule has 0 fully saturated rings. The summed E-state index contributed by atoms with van der Waals surface area (Å²) in [6.45, 7) is 1.97. The van der Waals surface area contributed by atoms with Crippen molar-refractivity contribution in [1.29, 1.82) is 0 Å². The number of hydrogen-bond acceptors (Lipinski definition) is 5. The van der Waals surface area contributed by atoms with Crippen LogP contribution in [0, 0.1) is 6.92 Å². The number of anilines is 1. The normalized spacial score (nSPS) is 9.88. The fourth-order valence-electron chi connectivity index (χ4n) is 1.25. The molecule has 5 nitrogen and oxygen atoms in total. The maximum Gasteiger partial charge on any atom is 0.240 e. The predicted molar refractivity (Wildman–Crippen MR) is 61.1 cm³/mol. The van der Waals surface area contributed by atoms with Crippen LogP contribution in [0.5, 0.6) is 11.6 Å². The zero-order valence-corrected chi connectivity index (χ0v) is 8.84. The van der Waals surface area contributed by atoms with E-state index in [4.69, 9.17) is 10.6 Å². The molecule has 1 aromatic heterocycles. The first-order chi connectivity index (χ1) is 7.79. The molecule has 82 valence electrons.